The number of rotatable bonds is 0. The molecule has 0 fully saturated rings. The number of halogens is 4. The monoisotopic (exact) mass is 382 g/mol. The second-order valence-corrected chi connectivity index (χ2v) is 6.80. The Morgan fingerprint density at radius 3 is 0.800 bits per heavy atom. The van der Waals surface area contributed by atoms with Crippen LogP contribution >= 0.6 is 36.3 Å². The summed E-state index contributed by atoms with van der Waals surface area (Å²) in [6, 6.07) is 0. The first-order valence-corrected chi connectivity index (χ1v) is 11.7. The van der Waals surface area contributed by atoms with Crippen molar-refractivity contribution in [3.63, 3.8) is 0 Å². The first kappa shape index (κ1) is 43.1. The maximum absolute atomic E-state index is 8.74. The number of hydrogen-bond donors (Lipinski definition) is 2. The molecule has 0 bridgehead atoms. The fourth-order valence-electron chi connectivity index (χ4n) is 0. The van der Waals surface area contributed by atoms with Crippen LogP contribution in [0.25, 0.3) is 0 Å². The summed E-state index contributed by atoms with van der Waals surface area (Å²) < 4.78 is 31.6. The van der Waals surface area contributed by atoms with Crippen molar-refractivity contribution in [1.82, 2.24) is 0 Å². The molecule has 0 unspecified atom stereocenters. The van der Waals surface area contributed by atoms with Gasteiger partial charge in [0, 0.05) is 0 Å². The number of hydrogen-bond acceptors (Lipinski definition) is 2. The Bertz CT molecular complexity index is 140. The zero-order valence-corrected chi connectivity index (χ0v) is 11.7. The molecule has 0 aromatic rings. The van der Waals surface area contributed by atoms with Gasteiger partial charge in [0.15, 0.2) is 0 Å². The first-order chi connectivity index (χ1) is 4.83. The molecule has 0 rings (SSSR count). The third-order valence-electron chi connectivity index (χ3n) is 0. The summed E-state index contributed by atoms with van der Waals surface area (Å²) >= 11 is -1.28. The summed E-state index contributed by atoms with van der Waals surface area (Å²) in [5.74, 6) is 0. The van der Waals surface area contributed by atoms with Gasteiger partial charge < -0.3 is 36.3 Å². The van der Waals surface area contributed by atoms with E-state index in [-0.39, 0.29) is 140 Å². The Morgan fingerprint density at radius 2 is 0.800 bits per heavy atom. The molecule has 0 aromatic carbocycles. The molecule has 0 saturated heterocycles. The molecule has 0 aromatic heterocycles. The summed E-state index contributed by atoms with van der Waals surface area (Å²) in [5.41, 5.74) is 0. The molecule has 0 spiro atoms. The van der Waals surface area contributed by atoms with Crippen molar-refractivity contribution in [2.75, 3.05) is 0 Å². The van der Waals surface area contributed by atoms with Crippen LogP contribution in [-0.4, -0.2) is 194 Å². The molecule has 0 atom stereocenters. The molecule has 0 radical (unpaired) electrons. The summed E-state index contributed by atoms with van der Waals surface area (Å²) in [6.07, 6.45) is 0. The summed E-state index contributed by atoms with van der Waals surface area (Å²) in [4.78, 5) is 0. The Kier molecular flexibility index (Phi) is 107. The van der Waals surface area contributed by atoms with Crippen LogP contribution in [0.2, 0.25) is 0 Å². The van der Waals surface area contributed by atoms with Crippen molar-refractivity contribution in [3.05, 3.63) is 0 Å². The van der Waals surface area contributed by atoms with Gasteiger partial charge in [0.1, 0.15) is 0 Å². The third kappa shape index (κ3) is 154. The van der Waals surface area contributed by atoms with Gasteiger partial charge in [-0.3, -0.25) is 9.11 Å². The van der Waals surface area contributed by atoms with Crippen molar-refractivity contribution in [2.45, 2.75) is 0 Å². The Balaban J connectivity index is -0.0000000117. The average Bonchev–Trinajstić information content (AvgIpc) is 1.62. The SMILES string of the molecule is O=S(=O)(O)O.[Cl][Mg][Cl].[Cl][Mg][Cl].[KH].[KH].[LiH].[LiH]. The average molecular weight is 385 g/mol. The molecular weight excluding hydrogens is 379 g/mol. The summed E-state index contributed by atoms with van der Waals surface area (Å²) in [7, 11) is 14.9. The van der Waals surface area contributed by atoms with Crippen LogP contribution in [0.5, 0.6) is 0 Å². The van der Waals surface area contributed by atoms with Crippen molar-refractivity contribution in [2.24, 2.45) is 0 Å². The van der Waals surface area contributed by atoms with Gasteiger partial charge in [-0.05, 0) is 0 Å². The third-order valence-corrected chi connectivity index (χ3v) is 0. The zero-order valence-electron chi connectivity index (χ0n) is 5.05. The van der Waals surface area contributed by atoms with E-state index < -0.39 is 46.7 Å². The van der Waals surface area contributed by atoms with Crippen LogP contribution in [-0.2, 0) is 10.4 Å². The van der Waals surface area contributed by atoms with Crippen LogP contribution in [0.3, 0.4) is 0 Å². The van der Waals surface area contributed by atoms with E-state index in [1.165, 1.54) is 0 Å². The fraction of sp³-hybridized carbons (Fsp3) is 0. The van der Waals surface area contributed by atoms with Crippen LogP contribution in [0.15, 0.2) is 0 Å². The first-order valence-electron chi connectivity index (χ1n) is 1.77. The Labute approximate surface area is 233 Å². The van der Waals surface area contributed by atoms with Crippen molar-refractivity contribution in [3.8, 4) is 0 Å². The van der Waals surface area contributed by atoms with Gasteiger partial charge in [0.25, 0.3) is 0 Å². The fourth-order valence-corrected chi connectivity index (χ4v) is 0. The van der Waals surface area contributed by atoms with E-state index in [1.807, 2.05) is 0 Å². The normalized spacial score (nSPS) is 5.20. The van der Waals surface area contributed by atoms with E-state index in [2.05, 4.69) is 0 Å². The maximum atomic E-state index is 8.74. The van der Waals surface area contributed by atoms with Crippen LogP contribution in [0.1, 0.15) is 0 Å². The van der Waals surface area contributed by atoms with Crippen molar-refractivity contribution >= 4 is 224 Å². The van der Waals surface area contributed by atoms with E-state index >= 15 is 0 Å². The van der Waals surface area contributed by atoms with Gasteiger partial charge in [0.2, 0.25) is 0 Å². The van der Waals surface area contributed by atoms with Crippen molar-refractivity contribution in [1.29, 1.82) is 0 Å². The van der Waals surface area contributed by atoms with Gasteiger partial charge in [-0.2, -0.15) is 8.42 Å². The summed E-state index contributed by atoms with van der Waals surface area (Å²) in [6.45, 7) is 0. The zero-order chi connectivity index (χ0) is 9.91. The molecule has 2 N–H and O–H groups in total. The molecule has 0 aliphatic carbocycles. The Morgan fingerprint density at radius 1 is 0.800 bits per heavy atom. The van der Waals surface area contributed by atoms with Crippen LogP contribution in [0.4, 0.5) is 0 Å². The topological polar surface area (TPSA) is 74.6 Å². The van der Waals surface area contributed by atoms with Crippen LogP contribution < -0.4 is 0 Å². The molecule has 15 heavy (non-hydrogen) atoms. The molecule has 72 valence electrons. The minimum atomic E-state index is -4.67. The molecule has 0 saturated carbocycles. The van der Waals surface area contributed by atoms with E-state index in [4.69, 9.17) is 53.8 Å². The van der Waals surface area contributed by atoms with Gasteiger partial charge in [-0.15, -0.1) is 0 Å². The van der Waals surface area contributed by atoms with E-state index in [9.17, 15) is 0 Å². The van der Waals surface area contributed by atoms with Crippen molar-refractivity contribution < 1.29 is 17.5 Å². The molecule has 4 nitrogen and oxygen atoms in total. The van der Waals surface area contributed by atoms with Gasteiger partial charge in [-0.25, -0.2) is 0 Å². The van der Waals surface area contributed by atoms with Crippen LogP contribution in [0, 0.1) is 0 Å². The van der Waals surface area contributed by atoms with Gasteiger partial charge >= 0.3 is 187 Å². The molecule has 0 heterocycles. The van der Waals surface area contributed by atoms with E-state index in [0.29, 0.717) is 0 Å². The predicted molar refractivity (Wildman–Crippen MR) is 77.7 cm³/mol. The quantitative estimate of drug-likeness (QED) is 0.404. The molecule has 0 aliphatic heterocycles. The second kappa shape index (κ2) is 37.3. The second-order valence-electron chi connectivity index (χ2n) is 0.650. The minimum absolute atomic E-state index is 0. The van der Waals surface area contributed by atoms with Gasteiger partial charge in [-0.1, -0.05) is 0 Å². The summed E-state index contributed by atoms with van der Waals surface area (Å²) in [5, 5.41) is 0. The standard InChI is InChI=1S/4ClH.2K.2Li.2Mg.H2O4S.4H/c;;;;;;;;;;1-5(2,3)4;;;;/h4*1H;;;;;;;(H2,1,2,3,4);;;;/q;;;;;;;;2*+2;;;;;/p-4. The predicted octanol–water partition coefficient (Wildman–Crippen LogP) is -1.25. The van der Waals surface area contributed by atoms with E-state index in [0.717, 1.165) is 0 Å². The molecular formula is H6Cl4K2Li2Mg2O4S. The van der Waals surface area contributed by atoms with E-state index in [1.54, 1.807) is 0 Å². The molecule has 15 heteroatoms. The molecule has 0 amide bonds. The Hall–Kier alpha value is 7.03. The molecule has 0 aliphatic rings. The van der Waals surface area contributed by atoms with Gasteiger partial charge in [0.05, 0.1) is 0 Å².